The molecule has 0 unspecified atom stereocenters. The summed E-state index contributed by atoms with van der Waals surface area (Å²) in [7, 11) is 0. The fraction of sp³-hybridized carbons (Fsp3) is 0. The third kappa shape index (κ3) is 3.69. The molecule has 4 N–H and O–H groups in total. The van der Waals surface area contributed by atoms with Crippen LogP contribution in [0.4, 0.5) is 16.2 Å². The normalized spacial score (nSPS) is 9.85. The Kier molecular flexibility index (Phi) is 4.17. The highest BCUT2D eigenvalue weighted by Gasteiger charge is 2.08. The lowest BCUT2D eigenvalue weighted by atomic mass is 10.2. The third-order valence-electron chi connectivity index (χ3n) is 2.34. The molecule has 0 aliphatic heterocycles. The van der Waals surface area contributed by atoms with Crippen LogP contribution < -0.4 is 16.4 Å². The van der Waals surface area contributed by atoms with Crippen LogP contribution in [0.3, 0.4) is 0 Å². The number of nitrogens with zero attached hydrogens (tertiary/aromatic N) is 1. The number of hydrogen-bond donors (Lipinski definition) is 3. The second kappa shape index (κ2) is 6.03. The highest BCUT2D eigenvalue weighted by atomic mass is 35.5. The van der Waals surface area contributed by atoms with Crippen LogP contribution in [0.2, 0.25) is 5.15 Å². The van der Waals surface area contributed by atoms with E-state index in [-0.39, 0.29) is 10.8 Å². The second-order valence-electron chi connectivity index (χ2n) is 3.87. The maximum absolute atomic E-state index is 12.0. The van der Waals surface area contributed by atoms with Crippen molar-refractivity contribution in [1.29, 1.82) is 0 Å². The monoisotopic (exact) mass is 290 g/mol. The molecule has 0 saturated heterocycles. The van der Waals surface area contributed by atoms with E-state index in [0.717, 1.165) is 0 Å². The number of rotatable bonds is 3. The molecule has 0 radical (unpaired) electrons. The molecule has 1 heterocycles. The van der Waals surface area contributed by atoms with E-state index in [1.165, 1.54) is 0 Å². The minimum atomic E-state index is -0.676. The van der Waals surface area contributed by atoms with Gasteiger partial charge in [-0.1, -0.05) is 23.7 Å². The van der Waals surface area contributed by atoms with Crippen molar-refractivity contribution in [2.75, 3.05) is 10.6 Å². The van der Waals surface area contributed by atoms with Crippen LogP contribution in [0.5, 0.6) is 0 Å². The number of pyridine rings is 1. The van der Waals surface area contributed by atoms with Gasteiger partial charge in [-0.15, -0.1) is 0 Å². The molecule has 6 nitrogen and oxygen atoms in total. The van der Waals surface area contributed by atoms with E-state index in [0.29, 0.717) is 11.4 Å². The molecular weight excluding hydrogens is 280 g/mol. The van der Waals surface area contributed by atoms with E-state index < -0.39 is 11.9 Å². The van der Waals surface area contributed by atoms with E-state index in [1.807, 2.05) is 0 Å². The van der Waals surface area contributed by atoms with Crippen molar-refractivity contribution in [3.63, 3.8) is 0 Å². The van der Waals surface area contributed by atoms with Crippen molar-refractivity contribution in [3.8, 4) is 0 Å². The number of carbonyl (C=O) groups excluding carboxylic acids is 2. The topological polar surface area (TPSA) is 97.1 Å². The number of hydrogen-bond acceptors (Lipinski definition) is 3. The molecule has 3 amide bonds. The smallest absolute Gasteiger partial charge is 0.316 e. The predicted octanol–water partition coefficient (Wildman–Crippen LogP) is 2.48. The highest BCUT2D eigenvalue weighted by Crippen LogP contribution is 2.16. The Morgan fingerprint density at radius 3 is 2.35 bits per heavy atom. The number of halogens is 1. The Balaban J connectivity index is 2.13. The first kappa shape index (κ1) is 13.8. The van der Waals surface area contributed by atoms with E-state index in [9.17, 15) is 9.59 Å². The number of primary amides is 1. The van der Waals surface area contributed by atoms with Gasteiger partial charge in [0.05, 0.1) is 0 Å². The molecule has 0 spiro atoms. The number of nitrogens with two attached hydrogens (primary N) is 1. The molecule has 0 aliphatic rings. The summed E-state index contributed by atoms with van der Waals surface area (Å²) in [5.74, 6) is -0.399. The number of carbonyl (C=O) groups is 2. The van der Waals surface area contributed by atoms with Crippen LogP contribution in [-0.4, -0.2) is 16.9 Å². The first-order valence-corrected chi connectivity index (χ1v) is 6.03. The van der Waals surface area contributed by atoms with Crippen LogP contribution in [0.15, 0.2) is 42.5 Å². The number of anilines is 2. The van der Waals surface area contributed by atoms with Gasteiger partial charge >= 0.3 is 6.03 Å². The quantitative estimate of drug-likeness (QED) is 0.757. The molecule has 7 heteroatoms. The maximum atomic E-state index is 12.0. The molecule has 1 aromatic carbocycles. The van der Waals surface area contributed by atoms with E-state index in [2.05, 4.69) is 15.6 Å². The summed E-state index contributed by atoms with van der Waals surface area (Å²) < 4.78 is 0. The molecule has 20 heavy (non-hydrogen) atoms. The fourth-order valence-electron chi connectivity index (χ4n) is 1.55. The molecule has 102 valence electrons. The first-order valence-electron chi connectivity index (χ1n) is 5.65. The predicted molar refractivity (Wildman–Crippen MR) is 76.8 cm³/mol. The number of benzene rings is 1. The lowest BCUT2D eigenvalue weighted by Crippen LogP contribution is -2.19. The van der Waals surface area contributed by atoms with Gasteiger partial charge in [0.25, 0.3) is 5.91 Å². The summed E-state index contributed by atoms with van der Waals surface area (Å²) in [4.78, 5) is 26.6. The van der Waals surface area contributed by atoms with Crippen LogP contribution in [0.1, 0.15) is 10.5 Å². The Morgan fingerprint density at radius 1 is 1.05 bits per heavy atom. The van der Waals surface area contributed by atoms with Gasteiger partial charge in [0.15, 0.2) is 0 Å². The molecular formula is C13H11ClN4O2. The Bertz CT molecular complexity index is 660. The zero-order valence-corrected chi connectivity index (χ0v) is 11.0. The van der Waals surface area contributed by atoms with Crippen molar-refractivity contribution in [2.24, 2.45) is 5.73 Å². The minimum Gasteiger partial charge on any atom is -0.351 e. The zero-order valence-electron chi connectivity index (χ0n) is 10.3. The van der Waals surface area contributed by atoms with Gasteiger partial charge in [0, 0.05) is 11.4 Å². The number of amides is 3. The summed E-state index contributed by atoms with van der Waals surface area (Å²) >= 11 is 5.72. The van der Waals surface area contributed by atoms with Crippen LogP contribution in [0, 0.1) is 0 Å². The molecule has 2 rings (SSSR count). The van der Waals surface area contributed by atoms with Gasteiger partial charge in [-0.05, 0) is 30.3 Å². The van der Waals surface area contributed by atoms with Gasteiger partial charge in [0.2, 0.25) is 0 Å². The van der Waals surface area contributed by atoms with Crippen molar-refractivity contribution in [3.05, 3.63) is 53.3 Å². The second-order valence-corrected chi connectivity index (χ2v) is 4.26. The highest BCUT2D eigenvalue weighted by molar-refractivity contribution is 6.29. The summed E-state index contributed by atoms with van der Waals surface area (Å²) in [6, 6.07) is 10.7. The summed E-state index contributed by atoms with van der Waals surface area (Å²) in [6.45, 7) is 0. The van der Waals surface area contributed by atoms with Crippen molar-refractivity contribution >= 4 is 34.9 Å². The number of urea groups is 1. The first-order chi connectivity index (χ1) is 9.54. The summed E-state index contributed by atoms with van der Waals surface area (Å²) in [6.07, 6.45) is 0. The molecule has 1 aromatic heterocycles. The molecule has 2 aromatic rings. The van der Waals surface area contributed by atoms with Gasteiger partial charge in [-0.3, -0.25) is 4.79 Å². The van der Waals surface area contributed by atoms with E-state index in [4.69, 9.17) is 17.3 Å². The van der Waals surface area contributed by atoms with Crippen LogP contribution >= 0.6 is 11.6 Å². The van der Waals surface area contributed by atoms with Crippen molar-refractivity contribution in [1.82, 2.24) is 4.98 Å². The molecule has 0 bridgehead atoms. The lowest BCUT2D eigenvalue weighted by Gasteiger charge is -2.07. The zero-order chi connectivity index (χ0) is 14.5. The average molecular weight is 291 g/mol. The van der Waals surface area contributed by atoms with Gasteiger partial charge < -0.3 is 16.4 Å². The minimum absolute atomic E-state index is 0.200. The Labute approximate surface area is 120 Å². The van der Waals surface area contributed by atoms with Crippen molar-refractivity contribution in [2.45, 2.75) is 0 Å². The molecule has 0 saturated carbocycles. The van der Waals surface area contributed by atoms with Gasteiger partial charge in [0.1, 0.15) is 10.8 Å². The molecule has 0 aliphatic carbocycles. The molecule has 0 fully saturated rings. The Hall–Kier alpha value is -2.60. The summed E-state index contributed by atoms with van der Waals surface area (Å²) in [5, 5.41) is 5.30. The van der Waals surface area contributed by atoms with Gasteiger partial charge in [-0.25, -0.2) is 9.78 Å². The maximum Gasteiger partial charge on any atom is 0.316 e. The van der Waals surface area contributed by atoms with Crippen LogP contribution in [-0.2, 0) is 0 Å². The van der Waals surface area contributed by atoms with Crippen LogP contribution in [0.25, 0.3) is 0 Å². The van der Waals surface area contributed by atoms with Gasteiger partial charge in [-0.2, -0.15) is 0 Å². The van der Waals surface area contributed by atoms with E-state index >= 15 is 0 Å². The fourth-order valence-corrected chi connectivity index (χ4v) is 1.71. The summed E-state index contributed by atoms with van der Waals surface area (Å²) in [5.41, 5.74) is 6.20. The average Bonchev–Trinajstić information content (AvgIpc) is 2.38. The third-order valence-corrected chi connectivity index (χ3v) is 2.55. The Morgan fingerprint density at radius 2 is 1.70 bits per heavy atom. The largest absolute Gasteiger partial charge is 0.351 e. The standard InChI is InChI=1S/C13H11ClN4O2/c14-11-6-2-5-10(18-11)12(19)16-8-3-1-4-9(7-8)17-13(15)20/h1-7H,(H,16,19)(H3,15,17,20). The lowest BCUT2D eigenvalue weighted by molar-refractivity contribution is 0.102. The van der Waals surface area contributed by atoms with Crippen molar-refractivity contribution < 1.29 is 9.59 Å². The number of nitrogens with one attached hydrogen (secondary N) is 2. The SMILES string of the molecule is NC(=O)Nc1cccc(NC(=O)c2cccc(Cl)n2)c1. The number of aromatic nitrogens is 1. The van der Waals surface area contributed by atoms with E-state index in [1.54, 1.807) is 42.5 Å². The molecule has 0 atom stereocenters.